The Labute approximate surface area is 246 Å². The Morgan fingerprint density at radius 3 is 2.37 bits per heavy atom. The molecule has 0 unspecified atom stereocenters. The molecule has 0 fully saturated rings. The fourth-order valence-corrected chi connectivity index (χ4v) is 5.10. The van der Waals surface area contributed by atoms with Crippen molar-refractivity contribution in [3.05, 3.63) is 94.4 Å². The Kier molecular flexibility index (Phi) is 8.56. The highest BCUT2D eigenvalue weighted by Crippen LogP contribution is 2.34. The maximum Gasteiger partial charge on any atom is 0.573 e. The van der Waals surface area contributed by atoms with Crippen molar-refractivity contribution < 1.29 is 40.6 Å². The molecule has 0 aliphatic carbocycles. The number of carbonyl (C=O) groups is 1. The Balaban J connectivity index is 1.36. The van der Waals surface area contributed by atoms with Crippen LogP contribution in [-0.2, 0) is 19.5 Å². The van der Waals surface area contributed by atoms with Gasteiger partial charge in [0.1, 0.15) is 16.7 Å². The van der Waals surface area contributed by atoms with Gasteiger partial charge in [0.25, 0.3) is 0 Å². The zero-order valence-electron chi connectivity index (χ0n) is 22.2. The lowest BCUT2D eigenvalue weighted by Gasteiger charge is -2.27. The summed E-state index contributed by atoms with van der Waals surface area (Å²) in [4.78, 5) is 19.4. The van der Waals surface area contributed by atoms with Crippen LogP contribution in [0.4, 0.5) is 31.1 Å². The molecule has 5 rings (SSSR count). The van der Waals surface area contributed by atoms with Crippen LogP contribution < -0.4 is 14.8 Å². The monoisotopic (exact) mass is 624 g/mol. The highest BCUT2D eigenvalue weighted by molar-refractivity contribution is 6.29. The fraction of sp³-hybridized carbons (Fsp3) is 0.241. The number of aromatic nitrogens is 2. The molecule has 0 spiro atoms. The summed E-state index contributed by atoms with van der Waals surface area (Å²) in [6.07, 6.45) is -4.12. The van der Waals surface area contributed by atoms with Gasteiger partial charge in [-0.1, -0.05) is 35.9 Å². The first-order valence-electron chi connectivity index (χ1n) is 12.9. The van der Waals surface area contributed by atoms with Gasteiger partial charge in [0.15, 0.2) is 0 Å². The van der Waals surface area contributed by atoms with Crippen molar-refractivity contribution in [3.8, 4) is 11.5 Å². The van der Waals surface area contributed by atoms with E-state index in [1.165, 1.54) is 53.2 Å². The lowest BCUT2D eigenvalue weighted by molar-refractivity contribution is -0.275. The maximum absolute atomic E-state index is 13.4. The number of hydrogen-bond donors (Lipinski definition) is 1. The van der Waals surface area contributed by atoms with Crippen molar-refractivity contribution in [1.29, 1.82) is 0 Å². The van der Waals surface area contributed by atoms with Crippen molar-refractivity contribution >= 4 is 34.6 Å². The third-order valence-electron chi connectivity index (χ3n) is 6.66. The first-order chi connectivity index (χ1) is 20.3. The lowest BCUT2D eigenvalue weighted by Crippen LogP contribution is -2.34. The lowest BCUT2D eigenvalue weighted by atomic mass is 10.0. The number of ether oxygens (including phenoxy) is 2. The molecule has 1 amide bonds. The molecule has 7 nitrogen and oxygen atoms in total. The molecule has 0 atom stereocenters. The van der Waals surface area contributed by atoms with Crippen molar-refractivity contribution in [3.63, 3.8) is 0 Å². The van der Waals surface area contributed by atoms with Gasteiger partial charge in [-0.2, -0.15) is 0 Å². The van der Waals surface area contributed by atoms with Gasteiger partial charge in [-0.15, -0.1) is 26.3 Å². The molecule has 0 saturated carbocycles. The molecule has 2 aromatic heterocycles. The smallest absolute Gasteiger partial charge is 0.406 e. The zero-order valence-corrected chi connectivity index (χ0v) is 22.9. The molecule has 0 bridgehead atoms. The van der Waals surface area contributed by atoms with Gasteiger partial charge in [-0.3, -0.25) is 9.47 Å². The molecule has 226 valence electrons. The summed E-state index contributed by atoms with van der Waals surface area (Å²) < 4.78 is 85.4. The summed E-state index contributed by atoms with van der Waals surface area (Å²) in [5, 5.41) is 3.66. The number of rotatable bonds is 7. The molecule has 0 saturated heterocycles. The summed E-state index contributed by atoms with van der Waals surface area (Å²) in [5.41, 5.74) is 3.11. The van der Waals surface area contributed by atoms with Crippen molar-refractivity contribution in [2.24, 2.45) is 0 Å². The number of nitrogens with zero attached hydrogens (tertiary/aromatic N) is 3. The zero-order chi connectivity index (χ0) is 30.8. The fourth-order valence-electron chi connectivity index (χ4n) is 4.91. The average Bonchev–Trinajstić information content (AvgIpc) is 3.24. The molecule has 43 heavy (non-hydrogen) atoms. The van der Waals surface area contributed by atoms with Crippen LogP contribution >= 0.6 is 11.6 Å². The second-order valence-electron chi connectivity index (χ2n) is 9.64. The van der Waals surface area contributed by atoms with Crippen LogP contribution in [0, 0.1) is 0 Å². The predicted octanol–water partition coefficient (Wildman–Crippen LogP) is 7.32. The first kappa shape index (κ1) is 30.2. The second-order valence-corrected chi connectivity index (χ2v) is 10.0. The molecule has 1 aliphatic heterocycles. The molecule has 1 aliphatic rings. The quantitative estimate of drug-likeness (QED) is 0.172. The van der Waals surface area contributed by atoms with E-state index < -0.39 is 24.5 Å². The van der Waals surface area contributed by atoms with E-state index in [4.69, 9.17) is 11.6 Å². The van der Waals surface area contributed by atoms with E-state index in [-0.39, 0.29) is 23.0 Å². The second kappa shape index (κ2) is 12.2. The first-order valence-corrected chi connectivity index (χ1v) is 13.3. The predicted molar refractivity (Wildman–Crippen MR) is 147 cm³/mol. The van der Waals surface area contributed by atoms with E-state index in [2.05, 4.69) is 24.7 Å². The third-order valence-corrected chi connectivity index (χ3v) is 6.87. The van der Waals surface area contributed by atoms with Crippen LogP contribution in [0.3, 0.4) is 0 Å². The van der Waals surface area contributed by atoms with E-state index in [1.54, 1.807) is 18.2 Å². The van der Waals surface area contributed by atoms with Gasteiger partial charge in [-0.05, 0) is 53.1 Å². The van der Waals surface area contributed by atoms with Gasteiger partial charge >= 0.3 is 18.8 Å². The van der Waals surface area contributed by atoms with Crippen LogP contribution in [0.5, 0.6) is 11.5 Å². The minimum absolute atomic E-state index is 0.120. The number of nitrogens with one attached hydrogen (secondary N) is 1. The van der Waals surface area contributed by atoms with E-state index in [1.807, 2.05) is 6.08 Å². The standard InChI is InChI=1S/C29H23ClF6N4O3/c30-26-14-19(9-11-37-26)16-38-27(41)40-24-10-13-39(12-1-2-18-3-5-20(6-4-18)42-28(31,32)33)17-23(24)22-8-7-21(15-25(22)40)43-29(34,35)36/h1-9,11,14-15H,10,12-13,16-17H2,(H,38,41)/b2-1+. The number of pyridine rings is 1. The molecule has 3 heterocycles. The SMILES string of the molecule is O=C(NCc1ccnc(Cl)c1)n1c2c(c3ccc(OC(F)(F)F)cc31)CN(C/C=C/c1ccc(OC(F)(F)F)cc1)CC2. The molecule has 14 heteroatoms. The van der Waals surface area contributed by atoms with Crippen LogP contribution in [0.1, 0.15) is 22.4 Å². The molecule has 4 aromatic rings. The van der Waals surface area contributed by atoms with Gasteiger partial charge in [0.2, 0.25) is 0 Å². The highest BCUT2D eigenvalue weighted by Gasteiger charge is 2.33. The Morgan fingerprint density at radius 2 is 1.67 bits per heavy atom. The Hall–Kier alpha value is -4.23. The number of benzene rings is 2. The van der Waals surface area contributed by atoms with E-state index in [9.17, 15) is 31.1 Å². The van der Waals surface area contributed by atoms with Crippen LogP contribution in [0.25, 0.3) is 17.0 Å². The largest absolute Gasteiger partial charge is 0.573 e. The van der Waals surface area contributed by atoms with E-state index >= 15 is 0 Å². The van der Waals surface area contributed by atoms with Gasteiger partial charge in [-0.25, -0.2) is 9.78 Å². The molecular weight excluding hydrogens is 602 g/mol. The summed E-state index contributed by atoms with van der Waals surface area (Å²) in [5.74, 6) is -0.766. The third kappa shape index (κ3) is 7.79. The number of fused-ring (bicyclic) bond motifs is 3. The average molecular weight is 625 g/mol. The van der Waals surface area contributed by atoms with Crippen LogP contribution in [0.15, 0.2) is 66.9 Å². The topological polar surface area (TPSA) is 68.6 Å². The maximum atomic E-state index is 13.4. The number of alkyl halides is 6. The van der Waals surface area contributed by atoms with Gasteiger partial charge < -0.3 is 14.8 Å². The van der Waals surface area contributed by atoms with Crippen molar-refractivity contribution in [2.75, 3.05) is 13.1 Å². The molecule has 0 radical (unpaired) electrons. The minimum atomic E-state index is -4.90. The normalized spacial score (nSPS) is 14.2. The summed E-state index contributed by atoms with van der Waals surface area (Å²) >= 11 is 5.93. The summed E-state index contributed by atoms with van der Waals surface area (Å²) in [6, 6.07) is 12.1. The van der Waals surface area contributed by atoms with Crippen molar-refractivity contribution in [2.45, 2.75) is 32.2 Å². The number of hydrogen-bond acceptors (Lipinski definition) is 5. The van der Waals surface area contributed by atoms with Crippen LogP contribution in [-0.4, -0.2) is 46.3 Å². The molecular formula is C29H23ClF6N4O3. The van der Waals surface area contributed by atoms with Crippen molar-refractivity contribution in [1.82, 2.24) is 19.8 Å². The molecule has 1 N–H and O–H groups in total. The number of halogens is 7. The Morgan fingerprint density at radius 1 is 0.977 bits per heavy atom. The number of amides is 1. The van der Waals surface area contributed by atoms with Gasteiger partial charge in [0.05, 0.1) is 5.52 Å². The van der Waals surface area contributed by atoms with Gasteiger partial charge in [0, 0.05) is 55.9 Å². The summed E-state index contributed by atoms with van der Waals surface area (Å²) in [7, 11) is 0. The molecule has 2 aromatic carbocycles. The summed E-state index contributed by atoms with van der Waals surface area (Å²) in [6.45, 7) is 1.56. The highest BCUT2D eigenvalue weighted by atomic mass is 35.5. The minimum Gasteiger partial charge on any atom is -0.406 e. The van der Waals surface area contributed by atoms with Crippen LogP contribution in [0.2, 0.25) is 5.15 Å². The van der Waals surface area contributed by atoms with E-state index in [0.29, 0.717) is 48.3 Å². The Bertz CT molecular complexity index is 1650. The van der Waals surface area contributed by atoms with E-state index in [0.717, 1.165) is 5.56 Å². The number of carbonyl (C=O) groups excluding carboxylic acids is 1.